The summed E-state index contributed by atoms with van der Waals surface area (Å²) in [6.07, 6.45) is 8.65. The summed E-state index contributed by atoms with van der Waals surface area (Å²) in [7, 11) is 0. The quantitative estimate of drug-likeness (QED) is 0.467. The maximum Gasteiger partial charge on any atom is 0.272 e. The van der Waals surface area contributed by atoms with Gasteiger partial charge in [-0.3, -0.25) is 14.9 Å². The largest absolute Gasteiger partial charge is 0.272 e. The lowest BCUT2D eigenvalue weighted by Crippen LogP contribution is -2.50. The molecule has 4 fully saturated rings. The van der Waals surface area contributed by atoms with Crippen LogP contribution in [0.2, 0.25) is 0 Å². The Kier molecular flexibility index (Phi) is 4.52. The summed E-state index contributed by atoms with van der Waals surface area (Å²) >= 11 is 0. The third-order valence-corrected chi connectivity index (χ3v) is 6.93. The van der Waals surface area contributed by atoms with Crippen LogP contribution in [0.1, 0.15) is 67.8 Å². The summed E-state index contributed by atoms with van der Waals surface area (Å²) in [5, 5.41) is 15.5. The van der Waals surface area contributed by atoms with Gasteiger partial charge in [0.2, 0.25) is 0 Å². The molecule has 4 aliphatic rings. The van der Waals surface area contributed by atoms with Crippen LogP contribution in [0.4, 0.5) is 5.69 Å². The van der Waals surface area contributed by atoms with E-state index in [-0.39, 0.29) is 17.0 Å². The maximum absolute atomic E-state index is 12.5. The fourth-order valence-corrected chi connectivity index (χ4v) is 6.22. The van der Waals surface area contributed by atoms with Crippen molar-refractivity contribution in [2.45, 2.75) is 58.8 Å². The highest BCUT2D eigenvalue weighted by Gasteiger charge is 2.52. The van der Waals surface area contributed by atoms with Crippen molar-refractivity contribution in [3.8, 4) is 0 Å². The van der Waals surface area contributed by atoms with Crippen LogP contribution in [0.15, 0.2) is 23.3 Å². The molecule has 27 heavy (non-hydrogen) atoms. The molecule has 0 heterocycles. The normalized spacial score (nSPS) is 31.8. The van der Waals surface area contributed by atoms with Crippen molar-refractivity contribution in [3.05, 3.63) is 39.4 Å². The fourth-order valence-electron chi connectivity index (χ4n) is 6.22. The first-order chi connectivity index (χ1) is 12.9. The van der Waals surface area contributed by atoms with E-state index in [4.69, 9.17) is 0 Å². The Morgan fingerprint density at radius 2 is 1.81 bits per heavy atom. The number of nitro benzene ring substituents is 1. The average molecular weight is 369 g/mol. The van der Waals surface area contributed by atoms with Gasteiger partial charge in [-0.25, -0.2) is 5.43 Å². The third kappa shape index (κ3) is 3.26. The van der Waals surface area contributed by atoms with Crippen molar-refractivity contribution >= 4 is 17.3 Å². The molecule has 1 aromatic rings. The Morgan fingerprint density at radius 1 is 1.22 bits per heavy atom. The zero-order valence-electron chi connectivity index (χ0n) is 16.0. The molecule has 1 amide bonds. The van der Waals surface area contributed by atoms with Gasteiger partial charge in [0.25, 0.3) is 11.6 Å². The van der Waals surface area contributed by atoms with Gasteiger partial charge in [-0.2, -0.15) is 5.10 Å². The van der Waals surface area contributed by atoms with Crippen LogP contribution < -0.4 is 5.43 Å². The molecule has 4 aliphatic carbocycles. The number of carbonyl (C=O) groups is 1. The second-order valence-electron chi connectivity index (χ2n) is 8.81. The van der Waals surface area contributed by atoms with Crippen molar-refractivity contribution in [3.63, 3.8) is 0 Å². The SMILES string of the molecule is CCC(=NNC(=O)c1ccc([N+](=O)[O-])c(C)c1)C12CC3CC(CC(C3)C1)C2. The Morgan fingerprint density at radius 3 is 2.30 bits per heavy atom. The number of carbonyl (C=O) groups excluding carboxylic acids is 1. The molecule has 1 aromatic carbocycles. The van der Waals surface area contributed by atoms with Gasteiger partial charge in [-0.05, 0) is 81.8 Å². The van der Waals surface area contributed by atoms with Gasteiger partial charge in [0, 0.05) is 28.3 Å². The van der Waals surface area contributed by atoms with E-state index in [9.17, 15) is 14.9 Å². The van der Waals surface area contributed by atoms with Gasteiger partial charge in [0.05, 0.1) is 4.92 Å². The van der Waals surface area contributed by atoms with Gasteiger partial charge >= 0.3 is 0 Å². The molecular weight excluding hydrogens is 342 g/mol. The topological polar surface area (TPSA) is 84.6 Å². The van der Waals surface area contributed by atoms with Crippen molar-refractivity contribution < 1.29 is 9.72 Å². The van der Waals surface area contributed by atoms with E-state index in [0.29, 0.717) is 11.1 Å². The highest BCUT2D eigenvalue weighted by Crippen LogP contribution is 2.60. The van der Waals surface area contributed by atoms with Crippen LogP contribution in [-0.2, 0) is 0 Å². The monoisotopic (exact) mass is 369 g/mol. The van der Waals surface area contributed by atoms with Gasteiger partial charge in [0.1, 0.15) is 0 Å². The molecule has 0 spiro atoms. The number of nitrogens with zero attached hydrogens (tertiary/aromatic N) is 2. The van der Waals surface area contributed by atoms with Crippen molar-refractivity contribution in [1.29, 1.82) is 0 Å². The lowest BCUT2D eigenvalue weighted by molar-refractivity contribution is -0.385. The van der Waals surface area contributed by atoms with Crippen LogP contribution in [0.3, 0.4) is 0 Å². The predicted octanol–water partition coefficient (Wildman–Crippen LogP) is 4.62. The standard InChI is InChI=1S/C21H27N3O3/c1-3-19(21-10-14-7-15(11-21)9-16(8-14)12-21)22-23-20(25)17-4-5-18(24(26)27)13(2)6-17/h4-6,14-16H,3,7-12H2,1-2H3,(H,23,25). The average Bonchev–Trinajstić information content (AvgIpc) is 2.60. The second kappa shape index (κ2) is 6.73. The Balaban J connectivity index is 1.52. The smallest absolute Gasteiger partial charge is 0.267 e. The molecule has 0 atom stereocenters. The van der Waals surface area contributed by atoms with E-state index in [1.54, 1.807) is 13.0 Å². The van der Waals surface area contributed by atoms with Crippen molar-refractivity contribution in [2.75, 3.05) is 0 Å². The molecule has 4 bridgehead atoms. The van der Waals surface area contributed by atoms with Gasteiger partial charge < -0.3 is 0 Å². The van der Waals surface area contributed by atoms with Crippen LogP contribution in [-0.4, -0.2) is 16.5 Å². The summed E-state index contributed by atoms with van der Waals surface area (Å²) < 4.78 is 0. The number of amides is 1. The van der Waals surface area contributed by atoms with E-state index in [0.717, 1.165) is 29.9 Å². The molecular formula is C21H27N3O3. The Bertz CT molecular complexity index is 780. The molecule has 4 saturated carbocycles. The zero-order chi connectivity index (χ0) is 19.2. The molecule has 1 N–H and O–H groups in total. The fraction of sp³-hybridized carbons (Fsp3) is 0.619. The number of hydrogen-bond donors (Lipinski definition) is 1. The minimum atomic E-state index is -0.433. The predicted molar refractivity (Wildman–Crippen MR) is 104 cm³/mol. The number of hydrogen-bond acceptors (Lipinski definition) is 4. The van der Waals surface area contributed by atoms with Crippen LogP contribution in [0.25, 0.3) is 0 Å². The lowest BCUT2D eigenvalue weighted by Gasteiger charge is -2.57. The highest BCUT2D eigenvalue weighted by molar-refractivity contribution is 5.97. The minimum absolute atomic E-state index is 0.0258. The van der Waals surface area contributed by atoms with E-state index in [1.165, 1.54) is 50.7 Å². The number of aryl methyl sites for hydroxylation is 1. The summed E-state index contributed by atoms with van der Waals surface area (Å²) in [5.74, 6) is 2.20. The number of hydrazone groups is 1. The van der Waals surface area contributed by atoms with Crippen LogP contribution in [0.5, 0.6) is 0 Å². The molecule has 144 valence electrons. The molecule has 0 aromatic heterocycles. The molecule has 6 heteroatoms. The van der Waals surface area contributed by atoms with Gasteiger partial charge in [-0.15, -0.1) is 0 Å². The summed E-state index contributed by atoms with van der Waals surface area (Å²) in [5.41, 5.74) is 4.96. The van der Waals surface area contributed by atoms with Crippen LogP contribution >= 0.6 is 0 Å². The number of nitro groups is 1. The highest BCUT2D eigenvalue weighted by atomic mass is 16.6. The Labute approximate surface area is 159 Å². The van der Waals surface area contributed by atoms with Crippen molar-refractivity contribution in [1.82, 2.24) is 5.43 Å². The summed E-state index contributed by atoms with van der Waals surface area (Å²) in [4.78, 5) is 23.0. The molecule has 0 aliphatic heterocycles. The zero-order valence-corrected chi connectivity index (χ0v) is 16.0. The maximum atomic E-state index is 12.5. The number of nitrogens with one attached hydrogen (secondary N) is 1. The van der Waals surface area contributed by atoms with Crippen LogP contribution in [0, 0.1) is 40.2 Å². The Hall–Kier alpha value is -2.24. The van der Waals surface area contributed by atoms with E-state index in [2.05, 4.69) is 17.5 Å². The van der Waals surface area contributed by atoms with E-state index < -0.39 is 4.92 Å². The first kappa shape index (κ1) is 18.1. The molecule has 0 saturated heterocycles. The minimum Gasteiger partial charge on any atom is -0.267 e. The third-order valence-electron chi connectivity index (χ3n) is 6.93. The molecule has 0 radical (unpaired) electrons. The van der Waals surface area contributed by atoms with E-state index >= 15 is 0 Å². The molecule has 5 rings (SSSR count). The first-order valence-electron chi connectivity index (χ1n) is 10.0. The number of benzene rings is 1. The van der Waals surface area contributed by atoms with E-state index in [1.807, 2.05) is 0 Å². The summed E-state index contributed by atoms with van der Waals surface area (Å²) in [6.45, 7) is 3.77. The molecule has 0 unspecified atom stereocenters. The summed E-state index contributed by atoms with van der Waals surface area (Å²) in [6, 6.07) is 4.43. The van der Waals surface area contributed by atoms with Gasteiger partial charge in [0.15, 0.2) is 0 Å². The molecule has 6 nitrogen and oxygen atoms in total. The van der Waals surface area contributed by atoms with Crippen molar-refractivity contribution in [2.24, 2.45) is 28.3 Å². The first-order valence-corrected chi connectivity index (χ1v) is 10.0. The van der Waals surface area contributed by atoms with Gasteiger partial charge in [-0.1, -0.05) is 6.92 Å². The second-order valence-corrected chi connectivity index (χ2v) is 8.81. The lowest BCUT2D eigenvalue weighted by atomic mass is 9.48. The number of rotatable bonds is 5.